The highest BCUT2D eigenvalue weighted by Crippen LogP contribution is 2.44. The number of ether oxygens (including phenoxy) is 1. The number of methoxy groups -OCH3 is 1. The van der Waals surface area contributed by atoms with Crippen LogP contribution in [-0.2, 0) is 6.54 Å². The smallest absolute Gasteiger partial charge is 0.227 e. The summed E-state index contributed by atoms with van der Waals surface area (Å²) in [6.45, 7) is 3.88. The molecule has 2 aromatic rings. The largest absolute Gasteiger partial charge is 0.490 e. The van der Waals surface area contributed by atoms with Gasteiger partial charge in [-0.2, -0.15) is 0 Å². The Kier molecular flexibility index (Phi) is 5.06. The van der Waals surface area contributed by atoms with Crippen LogP contribution in [-0.4, -0.2) is 49.1 Å². The molecule has 1 aromatic carbocycles. The van der Waals surface area contributed by atoms with Crippen LogP contribution in [0.15, 0.2) is 51.9 Å². The molecule has 0 radical (unpaired) electrons. The molecule has 3 heterocycles. The zero-order valence-corrected chi connectivity index (χ0v) is 16.2. The molecule has 0 unspecified atom stereocenters. The summed E-state index contributed by atoms with van der Waals surface area (Å²) in [7, 11) is 3.76. The van der Waals surface area contributed by atoms with Gasteiger partial charge in [-0.15, -0.1) is 0 Å². The summed E-state index contributed by atoms with van der Waals surface area (Å²) < 4.78 is 10.6. The fraction of sp³-hybridized carbons (Fsp3) is 0.500. The molecule has 0 N–H and O–H groups in total. The molecule has 2 fully saturated rings. The zero-order valence-electron chi connectivity index (χ0n) is 16.2. The van der Waals surface area contributed by atoms with Crippen LogP contribution in [0.4, 0.5) is 0 Å². The minimum Gasteiger partial charge on any atom is -0.490 e. The van der Waals surface area contributed by atoms with Gasteiger partial charge < -0.3 is 9.15 Å². The highest BCUT2D eigenvalue weighted by molar-refractivity contribution is 5.23. The summed E-state index contributed by atoms with van der Waals surface area (Å²) in [5.41, 5.74) is 1.65. The molecule has 5 heteroatoms. The first-order valence-electron chi connectivity index (χ1n) is 9.74. The maximum absolute atomic E-state index is 11.9. The SMILES string of the molecule is COc1coc(CN2CCC3(CC2)C[C@@H](c2ccccc2)CN3C)cc1=O. The van der Waals surface area contributed by atoms with Crippen molar-refractivity contribution in [2.45, 2.75) is 37.3 Å². The fourth-order valence-electron chi connectivity index (χ4n) is 4.76. The Bertz CT molecular complexity index is 825. The quantitative estimate of drug-likeness (QED) is 0.830. The van der Waals surface area contributed by atoms with Crippen molar-refractivity contribution in [3.05, 3.63) is 64.2 Å². The first-order chi connectivity index (χ1) is 13.1. The van der Waals surface area contributed by atoms with Crippen LogP contribution >= 0.6 is 0 Å². The van der Waals surface area contributed by atoms with Crippen molar-refractivity contribution in [3.8, 4) is 5.75 Å². The molecule has 2 saturated heterocycles. The maximum atomic E-state index is 11.9. The molecule has 1 atom stereocenters. The molecule has 27 heavy (non-hydrogen) atoms. The summed E-state index contributed by atoms with van der Waals surface area (Å²) in [5, 5.41) is 0. The predicted octanol–water partition coefficient (Wildman–Crippen LogP) is 3.10. The van der Waals surface area contributed by atoms with E-state index in [0.29, 0.717) is 23.8 Å². The molecule has 4 rings (SSSR count). The molecule has 1 aromatic heterocycles. The van der Waals surface area contributed by atoms with Gasteiger partial charge in [0, 0.05) is 31.2 Å². The van der Waals surface area contributed by atoms with Gasteiger partial charge in [-0.3, -0.25) is 14.6 Å². The molecule has 0 bridgehead atoms. The Morgan fingerprint density at radius 3 is 2.63 bits per heavy atom. The van der Waals surface area contributed by atoms with E-state index in [9.17, 15) is 4.79 Å². The average Bonchev–Trinajstić information content (AvgIpc) is 3.01. The van der Waals surface area contributed by atoms with Crippen molar-refractivity contribution in [2.75, 3.05) is 33.8 Å². The first kappa shape index (κ1) is 18.3. The molecule has 2 aliphatic rings. The molecular formula is C22H28N2O3. The van der Waals surface area contributed by atoms with Crippen LogP contribution < -0.4 is 10.2 Å². The van der Waals surface area contributed by atoms with Gasteiger partial charge >= 0.3 is 0 Å². The lowest BCUT2D eigenvalue weighted by atomic mass is 9.81. The van der Waals surface area contributed by atoms with E-state index in [4.69, 9.17) is 9.15 Å². The molecule has 2 aliphatic heterocycles. The summed E-state index contributed by atoms with van der Waals surface area (Å²) in [6.07, 6.45) is 4.97. The zero-order chi connectivity index (χ0) is 18.9. The van der Waals surface area contributed by atoms with Crippen LogP contribution in [0.2, 0.25) is 0 Å². The molecule has 0 aliphatic carbocycles. The third-order valence-corrected chi connectivity index (χ3v) is 6.44. The Morgan fingerprint density at radius 1 is 1.22 bits per heavy atom. The third-order valence-electron chi connectivity index (χ3n) is 6.44. The number of benzene rings is 1. The number of likely N-dealkylation sites (tertiary alicyclic amines) is 2. The summed E-state index contributed by atoms with van der Waals surface area (Å²) >= 11 is 0. The van der Waals surface area contributed by atoms with Crippen LogP contribution in [0.3, 0.4) is 0 Å². The standard InChI is InChI=1S/C22H28N2O3/c1-23-14-18(17-6-4-3-5-7-17)13-22(23)8-10-24(11-9-22)15-19-12-20(25)21(26-2)16-27-19/h3-7,12,16,18H,8-11,13-15H2,1-2H3/t18-/m1/s1. The van der Waals surface area contributed by atoms with Crippen molar-refractivity contribution in [3.63, 3.8) is 0 Å². The number of hydrogen-bond acceptors (Lipinski definition) is 5. The van der Waals surface area contributed by atoms with E-state index in [1.54, 1.807) is 6.07 Å². The number of nitrogens with zero attached hydrogens (tertiary/aromatic N) is 2. The van der Waals surface area contributed by atoms with Crippen LogP contribution in [0.1, 0.15) is 36.5 Å². The molecule has 1 spiro atoms. The van der Waals surface area contributed by atoms with Crippen molar-refractivity contribution in [1.82, 2.24) is 9.80 Å². The number of piperidine rings is 1. The van der Waals surface area contributed by atoms with E-state index in [-0.39, 0.29) is 11.2 Å². The predicted molar refractivity (Wildman–Crippen MR) is 105 cm³/mol. The lowest BCUT2D eigenvalue weighted by molar-refractivity contribution is 0.0638. The number of likely N-dealkylation sites (N-methyl/N-ethyl adjacent to an activating group) is 1. The first-order valence-corrected chi connectivity index (χ1v) is 9.74. The van der Waals surface area contributed by atoms with Crippen molar-refractivity contribution < 1.29 is 9.15 Å². The Balaban J connectivity index is 1.38. The Hall–Kier alpha value is -2.11. The second-order valence-electron chi connectivity index (χ2n) is 7.97. The normalized spacial score (nSPS) is 23.0. The van der Waals surface area contributed by atoms with Crippen LogP contribution in [0.5, 0.6) is 5.75 Å². The second kappa shape index (κ2) is 7.49. The van der Waals surface area contributed by atoms with Gasteiger partial charge in [0.05, 0.1) is 13.7 Å². The van der Waals surface area contributed by atoms with Gasteiger partial charge in [0.2, 0.25) is 11.2 Å². The van der Waals surface area contributed by atoms with Crippen LogP contribution in [0, 0.1) is 0 Å². The van der Waals surface area contributed by atoms with Gasteiger partial charge in [0.15, 0.2) is 0 Å². The van der Waals surface area contributed by atoms with Gasteiger partial charge in [-0.1, -0.05) is 30.3 Å². The van der Waals surface area contributed by atoms with Crippen molar-refractivity contribution in [1.29, 1.82) is 0 Å². The summed E-state index contributed by atoms with van der Waals surface area (Å²) in [6, 6.07) is 12.5. The molecule has 0 amide bonds. The second-order valence-corrected chi connectivity index (χ2v) is 7.97. The number of rotatable bonds is 4. The lowest BCUT2D eigenvalue weighted by Crippen LogP contribution is -2.50. The minimum absolute atomic E-state index is 0.117. The van der Waals surface area contributed by atoms with Gasteiger partial charge in [0.1, 0.15) is 12.0 Å². The minimum atomic E-state index is -0.117. The lowest BCUT2D eigenvalue weighted by Gasteiger charge is -2.43. The Morgan fingerprint density at radius 2 is 1.96 bits per heavy atom. The van der Waals surface area contributed by atoms with Crippen molar-refractivity contribution >= 4 is 0 Å². The van der Waals surface area contributed by atoms with E-state index < -0.39 is 0 Å². The van der Waals surface area contributed by atoms with E-state index in [0.717, 1.165) is 32.5 Å². The average molecular weight is 368 g/mol. The topological polar surface area (TPSA) is 45.9 Å². The summed E-state index contributed by atoms with van der Waals surface area (Å²) in [5.74, 6) is 1.59. The van der Waals surface area contributed by atoms with Gasteiger partial charge in [0.25, 0.3) is 0 Å². The van der Waals surface area contributed by atoms with Gasteiger partial charge in [-0.05, 0) is 37.8 Å². The van der Waals surface area contributed by atoms with Gasteiger partial charge in [-0.25, -0.2) is 0 Å². The van der Waals surface area contributed by atoms with E-state index >= 15 is 0 Å². The molecular weight excluding hydrogens is 340 g/mol. The highest BCUT2D eigenvalue weighted by atomic mass is 16.5. The molecule has 144 valence electrons. The third kappa shape index (κ3) is 3.66. The van der Waals surface area contributed by atoms with Crippen LogP contribution in [0.25, 0.3) is 0 Å². The monoisotopic (exact) mass is 368 g/mol. The van der Waals surface area contributed by atoms with E-state index in [1.807, 2.05) is 0 Å². The van der Waals surface area contributed by atoms with E-state index in [2.05, 4.69) is 47.2 Å². The number of hydrogen-bond donors (Lipinski definition) is 0. The highest BCUT2D eigenvalue weighted by Gasteiger charge is 2.45. The molecule has 0 saturated carbocycles. The maximum Gasteiger partial charge on any atom is 0.227 e. The van der Waals surface area contributed by atoms with Crippen molar-refractivity contribution in [2.24, 2.45) is 0 Å². The summed E-state index contributed by atoms with van der Waals surface area (Å²) in [4.78, 5) is 16.9. The molecule has 5 nitrogen and oxygen atoms in total. The van der Waals surface area contributed by atoms with E-state index in [1.165, 1.54) is 25.4 Å². The fourth-order valence-corrected chi connectivity index (χ4v) is 4.76. The Labute approximate surface area is 160 Å².